The zero-order valence-electron chi connectivity index (χ0n) is 23.2. The summed E-state index contributed by atoms with van der Waals surface area (Å²) in [5.74, 6) is -0.387. The molecule has 0 saturated heterocycles. The van der Waals surface area contributed by atoms with Gasteiger partial charge in [-0.3, -0.25) is 13.9 Å². The first-order valence-corrected chi connectivity index (χ1v) is 15.0. The number of nitrogens with zero attached hydrogens (tertiary/aromatic N) is 2. The second kappa shape index (κ2) is 14.2. The quantitative estimate of drug-likeness (QED) is 0.300. The highest BCUT2D eigenvalue weighted by molar-refractivity contribution is 7.92. The Morgan fingerprint density at radius 3 is 2.20 bits per heavy atom. The average Bonchev–Trinajstić information content (AvgIpc) is 2.94. The van der Waals surface area contributed by atoms with E-state index in [4.69, 9.17) is 16.3 Å². The largest absolute Gasteiger partial charge is 0.492 e. The first-order valence-electron chi connectivity index (χ1n) is 13.2. The molecule has 1 atom stereocenters. The van der Waals surface area contributed by atoms with Crippen LogP contribution in [0.15, 0.2) is 83.8 Å². The van der Waals surface area contributed by atoms with Gasteiger partial charge in [-0.25, -0.2) is 8.42 Å². The van der Waals surface area contributed by atoms with E-state index in [1.807, 2.05) is 13.8 Å². The van der Waals surface area contributed by atoms with E-state index in [1.165, 1.54) is 17.0 Å². The first-order chi connectivity index (χ1) is 19.1. The molecule has 3 aromatic rings. The summed E-state index contributed by atoms with van der Waals surface area (Å²) in [6.07, 6.45) is 0. The molecule has 0 aromatic heterocycles. The van der Waals surface area contributed by atoms with Gasteiger partial charge < -0.3 is 15.0 Å². The molecule has 0 unspecified atom stereocenters. The predicted molar refractivity (Wildman–Crippen MR) is 158 cm³/mol. The lowest BCUT2D eigenvalue weighted by Gasteiger charge is -2.32. The molecular formula is C30H36ClN3O5S. The Balaban J connectivity index is 2.06. The molecule has 214 valence electrons. The maximum atomic E-state index is 14.0. The Morgan fingerprint density at radius 1 is 0.925 bits per heavy atom. The van der Waals surface area contributed by atoms with Crippen molar-refractivity contribution in [3.63, 3.8) is 0 Å². The molecule has 0 aliphatic heterocycles. The molecule has 1 N–H and O–H groups in total. The molecule has 0 spiro atoms. The molecule has 0 radical (unpaired) electrons. The fraction of sp³-hybridized carbons (Fsp3) is 0.333. The van der Waals surface area contributed by atoms with Crippen LogP contribution in [-0.4, -0.2) is 50.9 Å². The summed E-state index contributed by atoms with van der Waals surface area (Å²) < 4.78 is 34.6. The lowest BCUT2D eigenvalue weighted by atomic mass is 10.1. The molecule has 2 amide bonds. The monoisotopic (exact) mass is 585 g/mol. The van der Waals surface area contributed by atoms with E-state index >= 15 is 0 Å². The number of carbonyl (C=O) groups is 2. The van der Waals surface area contributed by atoms with Crippen LogP contribution >= 0.6 is 11.6 Å². The van der Waals surface area contributed by atoms with Gasteiger partial charge in [0.1, 0.15) is 18.3 Å². The number of hydrogen-bond acceptors (Lipinski definition) is 5. The highest BCUT2D eigenvalue weighted by Gasteiger charge is 2.34. The van der Waals surface area contributed by atoms with Crippen LogP contribution in [0.25, 0.3) is 0 Å². The van der Waals surface area contributed by atoms with Gasteiger partial charge in [0.15, 0.2) is 0 Å². The van der Waals surface area contributed by atoms with Gasteiger partial charge in [-0.15, -0.1) is 0 Å². The van der Waals surface area contributed by atoms with Crippen molar-refractivity contribution in [2.45, 2.75) is 45.2 Å². The van der Waals surface area contributed by atoms with Crippen LogP contribution in [0.5, 0.6) is 5.75 Å². The molecule has 0 aliphatic rings. The predicted octanol–water partition coefficient (Wildman–Crippen LogP) is 5.12. The summed E-state index contributed by atoms with van der Waals surface area (Å²) >= 11 is 6.41. The van der Waals surface area contributed by atoms with E-state index in [1.54, 1.807) is 80.6 Å². The number of halogens is 1. The number of anilines is 1. The molecule has 0 fully saturated rings. The minimum Gasteiger partial charge on any atom is -0.492 e. The van der Waals surface area contributed by atoms with Gasteiger partial charge in [-0.05, 0) is 55.7 Å². The second-order valence-corrected chi connectivity index (χ2v) is 11.9. The number of benzene rings is 3. The number of carbonyl (C=O) groups excluding carboxylic acids is 2. The van der Waals surface area contributed by atoms with Crippen molar-refractivity contribution in [1.82, 2.24) is 10.2 Å². The van der Waals surface area contributed by atoms with E-state index in [2.05, 4.69) is 5.32 Å². The zero-order valence-corrected chi connectivity index (χ0v) is 24.8. The molecule has 0 saturated carbocycles. The summed E-state index contributed by atoms with van der Waals surface area (Å²) in [7, 11) is -4.19. The second-order valence-electron chi connectivity index (χ2n) is 9.65. The Labute approximate surface area is 241 Å². The van der Waals surface area contributed by atoms with Gasteiger partial charge in [0.25, 0.3) is 10.0 Å². The third-order valence-electron chi connectivity index (χ3n) is 6.19. The van der Waals surface area contributed by atoms with Crippen molar-refractivity contribution in [2.75, 3.05) is 24.0 Å². The smallest absolute Gasteiger partial charge is 0.264 e. The third kappa shape index (κ3) is 7.76. The molecule has 8 nitrogen and oxygen atoms in total. The molecule has 0 heterocycles. The summed E-state index contributed by atoms with van der Waals surface area (Å²) in [5.41, 5.74) is 0.851. The molecule has 3 rings (SSSR count). The van der Waals surface area contributed by atoms with E-state index < -0.39 is 28.5 Å². The van der Waals surface area contributed by atoms with E-state index in [0.29, 0.717) is 29.5 Å². The Kier molecular flexibility index (Phi) is 11.0. The van der Waals surface area contributed by atoms with Crippen molar-refractivity contribution in [3.8, 4) is 5.75 Å². The Bertz CT molecular complexity index is 1400. The topological polar surface area (TPSA) is 96.0 Å². The third-order valence-corrected chi connectivity index (χ3v) is 8.34. The standard InChI is InChI=1S/C30H36ClN3O5S/c1-5-39-28-18-12-11-17-27(28)34(40(37,38)25-14-7-6-8-15-25)21-29(35)33(20-24-13-9-10-16-26(24)31)23(4)30(36)32-19-22(2)3/h6-18,22-23H,5,19-21H2,1-4H3,(H,32,36)/t23-/m1/s1. The van der Waals surface area contributed by atoms with Gasteiger partial charge in [0, 0.05) is 18.1 Å². The van der Waals surface area contributed by atoms with Crippen LogP contribution in [0.3, 0.4) is 0 Å². The van der Waals surface area contributed by atoms with Crippen LogP contribution in [-0.2, 0) is 26.2 Å². The van der Waals surface area contributed by atoms with E-state index in [0.717, 1.165) is 4.31 Å². The highest BCUT2D eigenvalue weighted by Crippen LogP contribution is 2.33. The fourth-order valence-electron chi connectivity index (χ4n) is 4.02. The van der Waals surface area contributed by atoms with Gasteiger partial charge >= 0.3 is 0 Å². The molecule has 0 bridgehead atoms. The maximum Gasteiger partial charge on any atom is 0.264 e. The normalized spacial score (nSPS) is 12.1. The molecule has 0 aliphatic carbocycles. The van der Waals surface area contributed by atoms with Gasteiger partial charge in [0.2, 0.25) is 11.8 Å². The minimum absolute atomic E-state index is 0.0150. The molecule has 40 heavy (non-hydrogen) atoms. The zero-order chi connectivity index (χ0) is 29.3. The van der Waals surface area contributed by atoms with Crippen molar-refractivity contribution in [3.05, 3.63) is 89.4 Å². The van der Waals surface area contributed by atoms with Crippen LogP contribution < -0.4 is 14.4 Å². The minimum atomic E-state index is -4.19. The first kappa shape index (κ1) is 31.0. The SMILES string of the molecule is CCOc1ccccc1N(CC(=O)N(Cc1ccccc1Cl)[C@H](C)C(=O)NCC(C)C)S(=O)(=O)c1ccccc1. The maximum absolute atomic E-state index is 14.0. The van der Waals surface area contributed by atoms with Gasteiger partial charge in [-0.1, -0.05) is 74.0 Å². The van der Waals surface area contributed by atoms with Crippen molar-refractivity contribution in [2.24, 2.45) is 5.92 Å². The van der Waals surface area contributed by atoms with E-state index in [9.17, 15) is 18.0 Å². The van der Waals surface area contributed by atoms with Crippen LogP contribution in [0.4, 0.5) is 5.69 Å². The average molecular weight is 586 g/mol. The lowest BCUT2D eigenvalue weighted by Crippen LogP contribution is -2.51. The number of amides is 2. The summed E-state index contributed by atoms with van der Waals surface area (Å²) in [6.45, 7) is 7.55. The van der Waals surface area contributed by atoms with Gasteiger partial charge in [0.05, 0.1) is 17.2 Å². The van der Waals surface area contributed by atoms with Crippen molar-refractivity contribution in [1.29, 1.82) is 0 Å². The summed E-state index contributed by atoms with van der Waals surface area (Å²) in [5, 5.41) is 3.30. The molecule has 10 heteroatoms. The van der Waals surface area contributed by atoms with Gasteiger partial charge in [-0.2, -0.15) is 0 Å². The summed E-state index contributed by atoms with van der Waals surface area (Å²) in [4.78, 5) is 28.5. The Hall–Kier alpha value is -3.56. The van der Waals surface area contributed by atoms with Crippen LogP contribution in [0.1, 0.15) is 33.3 Å². The van der Waals surface area contributed by atoms with Crippen LogP contribution in [0, 0.1) is 5.92 Å². The number of rotatable bonds is 13. The fourth-order valence-corrected chi connectivity index (χ4v) is 5.66. The van der Waals surface area contributed by atoms with Crippen molar-refractivity contribution < 1.29 is 22.7 Å². The Morgan fingerprint density at radius 2 is 1.55 bits per heavy atom. The highest BCUT2D eigenvalue weighted by atomic mass is 35.5. The lowest BCUT2D eigenvalue weighted by molar-refractivity contribution is -0.139. The number of nitrogens with one attached hydrogen (secondary N) is 1. The van der Waals surface area contributed by atoms with Crippen molar-refractivity contribution >= 4 is 39.1 Å². The molecule has 3 aromatic carbocycles. The van der Waals surface area contributed by atoms with Crippen LogP contribution in [0.2, 0.25) is 5.02 Å². The number of para-hydroxylation sites is 2. The number of ether oxygens (including phenoxy) is 1. The molecular weight excluding hydrogens is 550 g/mol. The van der Waals surface area contributed by atoms with E-state index in [-0.39, 0.29) is 29.0 Å². The summed E-state index contributed by atoms with van der Waals surface area (Å²) in [6, 6.07) is 20.7. The number of sulfonamides is 1. The number of hydrogen-bond donors (Lipinski definition) is 1.